The van der Waals surface area contributed by atoms with Gasteiger partial charge in [0.15, 0.2) is 0 Å². The minimum Gasteiger partial charge on any atom is -0.491 e. The van der Waals surface area contributed by atoms with Crippen LogP contribution < -0.4 is 4.74 Å². The molecule has 0 atom stereocenters. The van der Waals surface area contributed by atoms with Gasteiger partial charge >= 0.3 is 0 Å². The van der Waals surface area contributed by atoms with Crippen LogP contribution >= 0.6 is 0 Å². The van der Waals surface area contributed by atoms with E-state index >= 15 is 0 Å². The molecule has 1 aromatic rings. The Morgan fingerprint density at radius 1 is 1.17 bits per heavy atom. The fourth-order valence-electron chi connectivity index (χ4n) is 2.00. The maximum Gasteiger partial charge on any atom is 0.119 e. The Kier molecular flexibility index (Phi) is 6.81. The molecule has 0 radical (unpaired) electrons. The third kappa shape index (κ3) is 4.34. The van der Waals surface area contributed by atoms with E-state index in [0.29, 0.717) is 13.2 Å². The van der Waals surface area contributed by atoms with Crippen molar-refractivity contribution in [1.82, 2.24) is 0 Å². The molecule has 102 valence electrons. The normalized spacial score (nSPS) is 13.8. The van der Waals surface area contributed by atoms with E-state index in [9.17, 15) is 0 Å². The van der Waals surface area contributed by atoms with Crippen LogP contribution in [0.3, 0.4) is 0 Å². The van der Waals surface area contributed by atoms with Gasteiger partial charge in [0.25, 0.3) is 0 Å². The quantitative estimate of drug-likeness (QED) is 0.705. The van der Waals surface area contributed by atoms with E-state index < -0.39 is 0 Å². The van der Waals surface area contributed by atoms with Crippen LogP contribution in [0.25, 0.3) is 0 Å². The van der Waals surface area contributed by atoms with Gasteiger partial charge in [-0.3, -0.25) is 0 Å². The van der Waals surface area contributed by atoms with E-state index in [1.54, 1.807) is 7.11 Å². The van der Waals surface area contributed by atoms with Crippen LogP contribution in [0, 0.1) is 0 Å². The van der Waals surface area contributed by atoms with Crippen molar-refractivity contribution in [3.05, 3.63) is 29.3 Å². The van der Waals surface area contributed by atoms with Crippen molar-refractivity contribution < 1.29 is 9.47 Å². The van der Waals surface area contributed by atoms with E-state index in [1.807, 2.05) is 13.8 Å². The predicted octanol–water partition coefficient (Wildman–Crippen LogP) is 4.18. The molecule has 1 aromatic carbocycles. The van der Waals surface area contributed by atoms with E-state index in [0.717, 1.165) is 18.1 Å². The number of ether oxygens (including phenoxy) is 2. The monoisotopic (exact) mass is 250 g/mol. The van der Waals surface area contributed by atoms with Gasteiger partial charge in [-0.2, -0.15) is 0 Å². The number of benzene rings is 1. The zero-order chi connectivity index (χ0) is 13.4. The predicted molar refractivity (Wildman–Crippen MR) is 76.5 cm³/mol. The molecule has 2 nitrogen and oxygen atoms in total. The lowest BCUT2D eigenvalue weighted by atomic mass is 10.0. The van der Waals surface area contributed by atoms with E-state index in [-0.39, 0.29) is 0 Å². The van der Waals surface area contributed by atoms with Crippen molar-refractivity contribution in [2.24, 2.45) is 0 Å². The van der Waals surface area contributed by atoms with Gasteiger partial charge in [-0.05, 0) is 48.4 Å². The highest BCUT2D eigenvalue weighted by atomic mass is 16.5. The zero-order valence-corrected chi connectivity index (χ0v) is 12.2. The van der Waals surface area contributed by atoms with Gasteiger partial charge in [0.1, 0.15) is 12.4 Å². The fraction of sp³-hybridized carbons (Fsp3) is 0.625. The lowest BCUT2D eigenvalue weighted by Gasteiger charge is -2.11. The summed E-state index contributed by atoms with van der Waals surface area (Å²) >= 11 is 0. The van der Waals surface area contributed by atoms with Crippen molar-refractivity contribution in [3.63, 3.8) is 0 Å². The lowest BCUT2D eigenvalue weighted by Crippen LogP contribution is -2.04. The summed E-state index contributed by atoms with van der Waals surface area (Å²) in [7, 11) is 1.69. The molecule has 0 aromatic heterocycles. The van der Waals surface area contributed by atoms with Crippen LogP contribution in [0.5, 0.6) is 5.75 Å². The number of aryl methyl sites for hydroxylation is 1. The van der Waals surface area contributed by atoms with Crippen LogP contribution in [-0.2, 0) is 11.2 Å². The van der Waals surface area contributed by atoms with Gasteiger partial charge in [-0.1, -0.05) is 26.8 Å². The second kappa shape index (κ2) is 8.15. The highest BCUT2D eigenvalue weighted by Crippen LogP contribution is 2.42. The van der Waals surface area contributed by atoms with Crippen molar-refractivity contribution >= 4 is 0 Å². The van der Waals surface area contributed by atoms with Gasteiger partial charge in [0, 0.05) is 7.11 Å². The summed E-state index contributed by atoms with van der Waals surface area (Å²) < 4.78 is 10.6. The first-order valence-electron chi connectivity index (χ1n) is 7.09. The second-order valence-electron chi connectivity index (χ2n) is 4.33. The summed E-state index contributed by atoms with van der Waals surface area (Å²) in [5.74, 6) is 1.78. The molecule has 1 fully saturated rings. The summed E-state index contributed by atoms with van der Waals surface area (Å²) in [4.78, 5) is 0. The van der Waals surface area contributed by atoms with Crippen LogP contribution in [0.4, 0.5) is 0 Å². The van der Waals surface area contributed by atoms with Gasteiger partial charge in [0.05, 0.1) is 6.61 Å². The first kappa shape index (κ1) is 15.0. The van der Waals surface area contributed by atoms with Crippen molar-refractivity contribution in [3.8, 4) is 5.75 Å². The van der Waals surface area contributed by atoms with Gasteiger partial charge in [0.2, 0.25) is 0 Å². The van der Waals surface area contributed by atoms with E-state index in [1.165, 1.54) is 24.0 Å². The average Bonchev–Trinajstić information content (AvgIpc) is 3.25. The minimum absolute atomic E-state index is 0.631. The topological polar surface area (TPSA) is 18.5 Å². The zero-order valence-electron chi connectivity index (χ0n) is 12.2. The summed E-state index contributed by atoms with van der Waals surface area (Å²) in [6.45, 7) is 7.49. The smallest absolute Gasteiger partial charge is 0.119 e. The Hall–Kier alpha value is -1.02. The Bertz CT molecular complexity index is 343. The number of hydrogen-bond donors (Lipinski definition) is 0. The molecule has 0 aliphatic heterocycles. The highest BCUT2D eigenvalue weighted by Gasteiger charge is 2.25. The molecular weight excluding hydrogens is 224 g/mol. The molecule has 18 heavy (non-hydrogen) atoms. The van der Waals surface area contributed by atoms with E-state index in [2.05, 4.69) is 25.1 Å². The molecule has 1 aliphatic carbocycles. The lowest BCUT2D eigenvalue weighted by molar-refractivity contribution is 0.146. The van der Waals surface area contributed by atoms with Crippen LogP contribution in [-0.4, -0.2) is 20.3 Å². The summed E-state index contributed by atoms with van der Waals surface area (Å²) in [6, 6.07) is 6.49. The van der Waals surface area contributed by atoms with Crippen LogP contribution in [0.1, 0.15) is 50.7 Å². The summed E-state index contributed by atoms with van der Waals surface area (Å²) in [5, 5.41) is 0. The first-order valence-corrected chi connectivity index (χ1v) is 7.09. The standard InChI is InChI=1S/C14H20O2.C2H6/c1-3-11-6-7-13(16-9-8-15-2)10-14(11)12-4-5-12;1-2/h6-7,10,12H,3-5,8-9H2,1-2H3;1-2H3. The SMILES string of the molecule is CC.CCc1ccc(OCCOC)cc1C1CC1. The summed E-state index contributed by atoms with van der Waals surface area (Å²) in [5.41, 5.74) is 2.97. The molecular formula is C16H26O2. The van der Waals surface area contributed by atoms with Gasteiger partial charge in [-0.25, -0.2) is 0 Å². The summed E-state index contributed by atoms with van der Waals surface area (Å²) in [6.07, 6.45) is 3.80. The second-order valence-corrected chi connectivity index (χ2v) is 4.33. The third-order valence-electron chi connectivity index (χ3n) is 3.07. The highest BCUT2D eigenvalue weighted by molar-refractivity contribution is 5.39. The van der Waals surface area contributed by atoms with Gasteiger partial charge in [-0.15, -0.1) is 0 Å². The molecule has 0 bridgehead atoms. The molecule has 0 heterocycles. The van der Waals surface area contributed by atoms with Gasteiger partial charge < -0.3 is 9.47 Å². The number of hydrogen-bond acceptors (Lipinski definition) is 2. The largest absolute Gasteiger partial charge is 0.491 e. The first-order chi connectivity index (χ1) is 8.85. The molecule has 0 amide bonds. The van der Waals surface area contributed by atoms with Crippen LogP contribution in [0.2, 0.25) is 0 Å². The van der Waals surface area contributed by atoms with E-state index in [4.69, 9.17) is 9.47 Å². The maximum absolute atomic E-state index is 5.64. The molecule has 0 unspecified atom stereocenters. The maximum atomic E-state index is 5.64. The molecule has 1 saturated carbocycles. The average molecular weight is 250 g/mol. The Labute approximate surface area is 111 Å². The number of rotatable bonds is 6. The third-order valence-corrected chi connectivity index (χ3v) is 3.07. The minimum atomic E-state index is 0.631. The van der Waals surface area contributed by atoms with Crippen molar-refractivity contribution in [2.45, 2.75) is 46.0 Å². The molecule has 2 heteroatoms. The van der Waals surface area contributed by atoms with Crippen LogP contribution in [0.15, 0.2) is 18.2 Å². The Morgan fingerprint density at radius 2 is 1.89 bits per heavy atom. The molecule has 2 rings (SSSR count). The molecule has 0 saturated heterocycles. The fourth-order valence-corrected chi connectivity index (χ4v) is 2.00. The Balaban J connectivity index is 0.000000771. The molecule has 0 spiro atoms. The van der Waals surface area contributed by atoms with Crippen molar-refractivity contribution in [1.29, 1.82) is 0 Å². The molecule has 0 N–H and O–H groups in total. The molecule has 1 aliphatic rings. The van der Waals surface area contributed by atoms with Crippen molar-refractivity contribution in [2.75, 3.05) is 20.3 Å². The Morgan fingerprint density at radius 3 is 2.44 bits per heavy atom. The number of methoxy groups -OCH3 is 1.